The Morgan fingerprint density at radius 3 is 2.17 bits per heavy atom. The summed E-state index contributed by atoms with van der Waals surface area (Å²) in [6.45, 7) is 1.37. The number of aliphatic hydroxyl groups is 1. The lowest BCUT2D eigenvalue weighted by molar-refractivity contribution is 0.0324. The van der Waals surface area contributed by atoms with Crippen LogP contribution in [-0.4, -0.2) is 45.5 Å². The lowest BCUT2D eigenvalue weighted by atomic mass is 10.2. The molecule has 4 nitrogen and oxygen atoms in total. The first-order valence-electron chi connectivity index (χ1n) is 7.85. The Kier molecular flexibility index (Phi) is 6.44. The van der Waals surface area contributed by atoms with Gasteiger partial charge >= 0.3 is 0 Å². The molecule has 0 aromatic heterocycles. The number of benzene rings is 2. The second-order valence-corrected chi connectivity index (χ2v) is 5.92. The van der Waals surface area contributed by atoms with Crippen LogP contribution < -0.4 is 9.80 Å². The van der Waals surface area contributed by atoms with Crippen LogP contribution in [0.3, 0.4) is 0 Å². The van der Waals surface area contributed by atoms with E-state index in [4.69, 9.17) is 4.74 Å². The van der Waals surface area contributed by atoms with Crippen molar-refractivity contribution in [2.75, 3.05) is 44.1 Å². The zero-order valence-electron chi connectivity index (χ0n) is 14.1. The fourth-order valence-electron chi connectivity index (χ4n) is 2.52. The van der Waals surface area contributed by atoms with Crippen LogP contribution in [0.25, 0.3) is 0 Å². The minimum absolute atomic E-state index is 0.323. The van der Waals surface area contributed by atoms with Crippen molar-refractivity contribution < 1.29 is 9.84 Å². The molecule has 2 rings (SSSR count). The number of rotatable bonds is 8. The van der Waals surface area contributed by atoms with Gasteiger partial charge in [0.05, 0.1) is 30.7 Å². The number of hydrogen-bond donors (Lipinski definition) is 1. The molecule has 124 valence electrons. The maximum atomic E-state index is 10.2. The van der Waals surface area contributed by atoms with Crippen molar-refractivity contribution >= 4 is 11.4 Å². The van der Waals surface area contributed by atoms with Crippen molar-refractivity contribution in [2.45, 2.75) is 12.7 Å². The second-order valence-electron chi connectivity index (χ2n) is 5.92. The highest BCUT2D eigenvalue weighted by Crippen LogP contribution is 2.26. The van der Waals surface area contributed by atoms with E-state index < -0.39 is 6.10 Å². The van der Waals surface area contributed by atoms with Gasteiger partial charge in [-0.2, -0.15) is 0 Å². The van der Waals surface area contributed by atoms with Crippen molar-refractivity contribution in [2.24, 2.45) is 0 Å². The molecule has 0 aliphatic heterocycles. The summed E-state index contributed by atoms with van der Waals surface area (Å²) in [5, 5.41) is 10.2. The van der Waals surface area contributed by atoms with Crippen LogP contribution in [0.4, 0.5) is 11.4 Å². The number of anilines is 2. The zero-order valence-corrected chi connectivity index (χ0v) is 14.1. The number of ether oxygens (including phenoxy) is 1. The Labute approximate surface area is 138 Å². The minimum atomic E-state index is -0.529. The van der Waals surface area contributed by atoms with Gasteiger partial charge in [0, 0.05) is 27.7 Å². The van der Waals surface area contributed by atoms with Gasteiger partial charge in [0.1, 0.15) is 0 Å². The van der Waals surface area contributed by atoms with E-state index in [1.165, 1.54) is 0 Å². The molecule has 2 aromatic carbocycles. The van der Waals surface area contributed by atoms with Crippen LogP contribution in [0.1, 0.15) is 5.56 Å². The molecule has 1 unspecified atom stereocenters. The van der Waals surface area contributed by atoms with E-state index in [1.807, 2.05) is 63.6 Å². The van der Waals surface area contributed by atoms with Gasteiger partial charge in [-0.05, 0) is 17.7 Å². The van der Waals surface area contributed by atoms with Gasteiger partial charge in [-0.15, -0.1) is 0 Å². The normalized spacial score (nSPS) is 12.0. The van der Waals surface area contributed by atoms with Crippen LogP contribution >= 0.6 is 0 Å². The van der Waals surface area contributed by atoms with Gasteiger partial charge in [0.25, 0.3) is 0 Å². The molecule has 1 atom stereocenters. The van der Waals surface area contributed by atoms with E-state index in [9.17, 15) is 5.11 Å². The third-order valence-electron chi connectivity index (χ3n) is 3.68. The monoisotopic (exact) mass is 314 g/mol. The quantitative estimate of drug-likeness (QED) is 0.813. The summed E-state index contributed by atoms with van der Waals surface area (Å²) in [6.07, 6.45) is -0.529. The number of nitrogens with zero attached hydrogens (tertiary/aromatic N) is 2. The topological polar surface area (TPSA) is 35.9 Å². The summed E-state index contributed by atoms with van der Waals surface area (Å²) in [6, 6.07) is 18.2. The van der Waals surface area contributed by atoms with Gasteiger partial charge in [0.2, 0.25) is 0 Å². The first-order valence-corrected chi connectivity index (χ1v) is 7.85. The second kappa shape index (κ2) is 8.56. The molecule has 0 saturated carbocycles. The van der Waals surface area contributed by atoms with Crippen molar-refractivity contribution in [1.82, 2.24) is 0 Å². The maximum absolute atomic E-state index is 10.2. The van der Waals surface area contributed by atoms with Crippen LogP contribution in [0, 0.1) is 0 Å². The van der Waals surface area contributed by atoms with Crippen molar-refractivity contribution in [3.8, 4) is 0 Å². The predicted molar refractivity (Wildman–Crippen MR) is 96.1 cm³/mol. The lowest BCUT2D eigenvalue weighted by Gasteiger charge is -2.27. The molecule has 23 heavy (non-hydrogen) atoms. The highest BCUT2D eigenvalue weighted by Gasteiger charge is 2.13. The van der Waals surface area contributed by atoms with Crippen LogP contribution in [0.15, 0.2) is 54.6 Å². The molecule has 0 heterocycles. The van der Waals surface area contributed by atoms with E-state index in [2.05, 4.69) is 21.9 Å². The molecule has 0 aliphatic carbocycles. The Morgan fingerprint density at radius 2 is 1.52 bits per heavy atom. The molecule has 0 bridgehead atoms. The first-order chi connectivity index (χ1) is 11.1. The molecule has 4 heteroatoms. The summed E-state index contributed by atoms with van der Waals surface area (Å²) in [4.78, 5) is 4.13. The molecule has 1 N–H and O–H groups in total. The molecule has 0 radical (unpaired) electrons. The SMILES string of the molecule is CN(C)c1ccccc1N(C)CC(O)COCc1ccccc1. The molecule has 0 aliphatic rings. The molecular formula is C19H26N2O2. The number of aliphatic hydroxyl groups excluding tert-OH is 1. The van der Waals surface area contributed by atoms with Gasteiger partial charge in [-0.25, -0.2) is 0 Å². The molecule has 0 fully saturated rings. The number of para-hydroxylation sites is 2. The molecule has 0 spiro atoms. The Hall–Kier alpha value is -2.04. The van der Waals surface area contributed by atoms with Gasteiger partial charge in [-0.1, -0.05) is 42.5 Å². The summed E-state index contributed by atoms with van der Waals surface area (Å²) < 4.78 is 5.61. The number of hydrogen-bond acceptors (Lipinski definition) is 4. The van der Waals surface area contributed by atoms with E-state index in [1.54, 1.807) is 0 Å². The highest BCUT2D eigenvalue weighted by molar-refractivity contribution is 5.70. The smallest absolute Gasteiger partial charge is 0.0948 e. The summed E-state index contributed by atoms with van der Waals surface area (Å²) in [5.41, 5.74) is 3.35. The average molecular weight is 314 g/mol. The van der Waals surface area contributed by atoms with Crippen LogP contribution in [0.2, 0.25) is 0 Å². The zero-order chi connectivity index (χ0) is 16.7. The lowest BCUT2D eigenvalue weighted by Crippen LogP contribution is -2.33. The predicted octanol–water partition coefficient (Wildman–Crippen LogP) is 2.77. The van der Waals surface area contributed by atoms with Crippen LogP contribution in [0.5, 0.6) is 0 Å². The van der Waals surface area contributed by atoms with Crippen molar-refractivity contribution in [3.05, 3.63) is 60.2 Å². The average Bonchev–Trinajstić information content (AvgIpc) is 2.55. The fraction of sp³-hybridized carbons (Fsp3) is 0.368. The minimum Gasteiger partial charge on any atom is -0.389 e. The van der Waals surface area contributed by atoms with E-state index in [0.29, 0.717) is 19.8 Å². The molecule has 0 saturated heterocycles. The van der Waals surface area contributed by atoms with Gasteiger partial charge in [-0.3, -0.25) is 0 Å². The highest BCUT2D eigenvalue weighted by atomic mass is 16.5. The Morgan fingerprint density at radius 1 is 0.913 bits per heavy atom. The van der Waals surface area contributed by atoms with E-state index in [0.717, 1.165) is 16.9 Å². The van der Waals surface area contributed by atoms with Crippen LogP contribution in [-0.2, 0) is 11.3 Å². The molecule has 0 amide bonds. The first kappa shape index (κ1) is 17.3. The van der Waals surface area contributed by atoms with E-state index in [-0.39, 0.29) is 0 Å². The number of likely N-dealkylation sites (N-methyl/N-ethyl adjacent to an activating group) is 1. The summed E-state index contributed by atoms with van der Waals surface area (Å²) in [7, 11) is 6.03. The summed E-state index contributed by atoms with van der Waals surface area (Å²) >= 11 is 0. The summed E-state index contributed by atoms with van der Waals surface area (Å²) in [5.74, 6) is 0. The molecular weight excluding hydrogens is 288 g/mol. The third-order valence-corrected chi connectivity index (χ3v) is 3.68. The van der Waals surface area contributed by atoms with Gasteiger partial charge in [0.15, 0.2) is 0 Å². The van der Waals surface area contributed by atoms with Crippen molar-refractivity contribution in [1.29, 1.82) is 0 Å². The Balaban J connectivity index is 1.84. The fourth-order valence-corrected chi connectivity index (χ4v) is 2.52. The van der Waals surface area contributed by atoms with Gasteiger partial charge < -0.3 is 19.6 Å². The standard InChI is InChI=1S/C19H26N2O2/c1-20(2)18-11-7-8-12-19(18)21(3)13-17(22)15-23-14-16-9-5-4-6-10-16/h4-12,17,22H,13-15H2,1-3H3. The largest absolute Gasteiger partial charge is 0.389 e. The third kappa shape index (κ3) is 5.27. The van der Waals surface area contributed by atoms with Crippen molar-refractivity contribution in [3.63, 3.8) is 0 Å². The Bertz CT molecular complexity index is 587. The van der Waals surface area contributed by atoms with E-state index >= 15 is 0 Å². The maximum Gasteiger partial charge on any atom is 0.0948 e. The molecule has 2 aromatic rings.